The van der Waals surface area contributed by atoms with E-state index in [1.54, 1.807) is 19.5 Å². The first kappa shape index (κ1) is 18.0. The van der Waals surface area contributed by atoms with Gasteiger partial charge in [-0.2, -0.15) is 5.10 Å². The number of nitrogens with one attached hydrogen (secondary N) is 1. The van der Waals surface area contributed by atoms with Gasteiger partial charge in [0.1, 0.15) is 11.3 Å². The fourth-order valence-electron chi connectivity index (χ4n) is 3.54. The van der Waals surface area contributed by atoms with Crippen LogP contribution in [0.3, 0.4) is 0 Å². The maximum atomic E-state index is 12.7. The first-order chi connectivity index (χ1) is 13.6. The molecule has 0 spiro atoms. The highest BCUT2D eigenvalue weighted by atomic mass is 16.3. The molecule has 28 heavy (non-hydrogen) atoms. The minimum atomic E-state index is -0.128. The third kappa shape index (κ3) is 3.43. The van der Waals surface area contributed by atoms with Crippen LogP contribution in [0, 0.1) is 0 Å². The fourth-order valence-corrected chi connectivity index (χ4v) is 3.54. The summed E-state index contributed by atoms with van der Waals surface area (Å²) in [6.07, 6.45) is 5.08. The monoisotopic (exact) mass is 378 g/mol. The van der Waals surface area contributed by atoms with Gasteiger partial charge in [-0.05, 0) is 24.6 Å². The lowest BCUT2D eigenvalue weighted by Crippen LogP contribution is -2.25. The van der Waals surface area contributed by atoms with E-state index in [-0.39, 0.29) is 11.5 Å². The van der Waals surface area contributed by atoms with Crippen LogP contribution < -0.4 is 10.9 Å². The van der Waals surface area contributed by atoms with E-state index in [0.29, 0.717) is 37.9 Å². The van der Waals surface area contributed by atoms with Crippen LogP contribution in [-0.2, 0) is 24.8 Å². The third-order valence-electron chi connectivity index (χ3n) is 4.93. The molecular weight excluding hydrogens is 356 g/mol. The summed E-state index contributed by atoms with van der Waals surface area (Å²) in [4.78, 5) is 24.8. The zero-order valence-electron chi connectivity index (χ0n) is 15.7. The number of para-hydroxylation sites is 1. The van der Waals surface area contributed by atoms with Gasteiger partial charge >= 0.3 is 0 Å². The number of aromatic nitrogens is 3. The summed E-state index contributed by atoms with van der Waals surface area (Å²) >= 11 is 0. The van der Waals surface area contributed by atoms with Crippen LogP contribution in [0.1, 0.15) is 18.6 Å². The number of rotatable bonds is 7. The molecule has 7 nitrogen and oxygen atoms in total. The van der Waals surface area contributed by atoms with E-state index < -0.39 is 0 Å². The Bertz CT molecular complexity index is 1170. The zero-order chi connectivity index (χ0) is 19.5. The number of nitrogens with zero attached hydrogens (tertiary/aromatic N) is 3. The van der Waals surface area contributed by atoms with Crippen molar-refractivity contribution in [3.05, 3.63) is 65.0 Å². The fraction of sp³-hybridized carbons (Fsp3) is 0.286. The predicted octanol–water partition coefficient (Wildman–Crippen LogP) is 2.62. The Balaban J connectivity index is 1.46. The quantitative estimate of drug-likeness (QED) is 0.536. The highest BCUT2D eigenvalue weighted by molar-refractivity contribution is 6.07. The molecule has 0 aliphatic carbocycles. The van der Waals surface area contributed by atoms with E-state index in [1.807, 2.05) is 41.0 Å². The largest absolute Gasteiger partial charge is 0.469 e. The first-order valence-electron chi connectivity index (χ1n) is 9.37. The van der Waals surface area contributed by atoms with Crippen LogP contribution in [0.5, 0.6) is 0 Å². The van der Waals surface area contributed by atoms with Crippen LogP contribution >= 0.6 is 0 Å². The molecule has 0 saturated carbocycles. The molecule has 0 fully saturated rings. The molecular formula is C21H22N4O3. The molecule has 144 valence electrons. The summed E-state index contributed by atoms with van der Waals surface area (Å²) in [5.41, 5.74) is 1.49. The van der Waals surface area contributed by atoms with Crippen molar-refractivity contribution in [1.29, 1.82) is 0 Å². The normalized spacial score (nSPS) is 11.3. The smallest absolute Gasteiger partial charge is 0.291 e. The number of aryl methyl sites for hydroxylation is 2. The molecule has 0 atom stereocenters. The van der Waals surface area contributed by atoms with E-state index >= 15 is 0 Å². The molecule has 3 heterocycles. The standard InChI is InChI=1S/C21H22N4O3/c1-24-21(27)20-17(14-23-24)16-7-2-3-8-18(16)25(20)12-4-9-19(26)22-11-10-15-6-5-13-28-15/h2-3,5-8,13-14H,4,9-12H2,1H3,(H,22,26). The zero-order valence-corrected chi connectivity index (χ0v) is 15.7. The van der Waals surface area contributed by atoms with Crippen molar-refractivity contribution in [2.24, 2.45) is 7.05 Å². The lowest BCUT2D eigenvalue weighted by atomic mass is 10.2. The van der Waals surface area contributed by atoms with E-state index in [1.165, 1.54) is 4.68 Å². The summed E-state index contributed by atoms with van der Waals surface area (Å²) in [5.74, 6) is 0.858. The molecule has 7 heteroatoms. The summed E-state index contributed by atoms with van der Waals surface area (Å²) in [7, 11) is 1.65. The Morgan fingerprint density at radius 1 is 1.18 bits per heavy atom. The van der Waals surface area contributed by atoms with Gasteiger partial charge in [0.2, 0.25) is 5.91 Å². The number of hydrogen-bond acceptors (Lipinski definition) is 4. The number of amides is 1. The molecule has 1 aromatic carbocycles. The molecule has 0 bridgehead atoms. The highest BCUT2D eigenvalue weighted by Gasteiger charge is 2.15. The third-order valence-corrected chi connectivity index (χ3v) is 4.93. The molecule has 1 N–H and O–H groups in total. The van der Waals surface area contributed by atoms with Gasteiger partial charge in [-0.15, -0.1) is 0 Å². The van der Waals surface area contributed by atoms with Crippen molar-refractivity contribution in [2.45, 2.75) is 25.8 Å². The molecule has 0 radical (unpaired) electrons. The number of carbonyl (C=O) groups excluding carboxylic acids is 1. The molecule has 0 aliphatic heterocycles. The average molecular weight is 378 g/mol. The number of furan rings is 1. The maximum absolute atomic E-state index is 12.7. The minimum Gasteiger partial charge on any atom is -0.469 e. The second-order valence-electron chi connectivity index (χ2n) is 6.79. The Morgan fingerprint density at radius 3 is 2.86 bits per heavy atom. The van der Waals surface area contributed by atoms with Crippen molar-refractivity contribution in [3.63, 3.8) is 0 Å². The lowest BCUT2D eigenvalue weighted by Gasteiger charge is -2.08. The number of benzene rings is 1. The topological polar surface area (TPSA) is 82.1 Å². The Hall–Kier alpha value is -3.35. The van der Waals surface area contributed by atoms with E-state index in [4.69, 9.17) is 4.42 Å². The van der Waals surface area contributed by atoms with Gasteiger partial charge in [-0.1, -0.05) is 18.2 Å². The van der Waals surface area contributed by atoms with Gasteiger partial charge in [0.25, 0.3) is 5.56 Å². The Kier molecular flexibility index (Phi) is 4.97. The van der Waals surface area contributed by atoms with Gasteiger partial charge in [-0.3, -0.25) is 9.59 Å². The van der Waals surface area contributed by atoms with Crippen molar-refractivity contribution in [1.82, 2.24) is 19.7 Å². The van der Waals surface area contributed by atoms with Gasteiger partial charge in [0, 0.05) is 49.3 Å². The number of carbonyl (C=O) groups is 1. The summed E-state index contributed by atoms with van der Waals surface area (Å²) < 4.78 is 8.61. The molecule has 0 unspecified atom stereocenters. The summed E-state index contributed by atoms with van der Waals surface area (Å²) in [6.45, 7) is 1.14. The van der Waals surface area contributed by atoms with Crippen LogP contribution in [0.15, 0.2) is 58.1 Å². The molecule has 1 amide bonds. The second kappa shape index (κ2) is 7.72. The van der Waals surface area contributed by atoms with Crippen molar-refractivity contribution in [3.8, 4) is 0 Å². The molecule has 0 aliphatic rings. The first-order valence-corrected chi connectivity index (χ1v) is 9.37. The van der Waals surface area contributed by atoms with Gasteiger partial charge in [0.15, 0.2) is 0 Å². The molecule has 0 saturated heterocycles. The van der Waals surface area contributed by atoms with Crippen molar-refractivity contribution >= 4 is 27.7 Å². The van der Waals surface area contributed by atoms with Crippen LogP contribution in [0.4, 0.5) is 0 Å². The molecule has 4 aromatic rings. The van der Waals surface area contributed by atoms with E-state index in [9.17, 15) is 9.59 Å². The summed E-state index contributed by atoms with van der Waals surface area (Å²) in [6, 6.07) is 11.6. The average Bonchev–Trinajstić information content (AvgIpc) is 3.32. The van der Waals surface area contributed by atoms with Gasteiger partial charge in [0.05, 0.1) is 12.5 Å². The van der Waals surface area contributed by atoms with E-state index in [2.05, 4.69) is 10.4 Å². The second-order valence-corrected chi connectivity index (χ2v) is 6.79. The number of hydrogen-bond donors (Lipinski definition) is 1. The minimum absolute atomic E-state index is 0.00175. The van der Waals surface area contributed by atoms with Crippen molar-refractivity contribution in [2.75, 3.05) is 6.54 Å². The summed E-state index contributed by atoms with van der Waals surface area (Å²) in [5, 5.41) is 8.92. The Labute approximate surface area is 161 Å². The lowest BCUT2D eigenvalue weighted by molar-refractivity contribution is -0.121. The van der Waals surface area contributed by atoms with Crippen molar-refractivity contribution < 1.29 is 9.21 Å². The predicted molar refractivity (Wildman–Crippen MR) is 107 cm³/mol. The highest BCUT2D eigenvalue weighted by Crippen LogP contribution is 2.26. The van der Waals surface area contributed by atoms with Crippen LogP contribution in [0.25, 0.3) is 21.8 Å². The Morgan fingerprint density at radius 2 is 2.04 bits per heavy atom. The SMILES string of the molecule is Cn1ncc2c3ccccc3n(CCCC(=O)NCCc3ccco3)c2c1=O. The number of fused-ring (bicyclic) bond motifs is 3. The van der Waals surface area contributed by atoms with Gasteiger partial charge in [-0.25, -0.2) is 4.68 Å². The van der Waals surface area contributed by atoms with Crippen LogP contribution in [-0.4, -0.2) is 26.8 Å². The van der Waals surface area contributed by atoms with Crippen LogP contribution in [0.2, 0.25) is 0 Å². The van der Waals surface area contributed by atoms with Gasteiger partial charge < -0.3 is 14.3 Å². The maximum Gasteiger partial charge on any atom is 0.291 e. The molecule has 3 aromatic heterocycles. The van der Waals surface area contributed by atoms with E-state index in [0.717, 1.165) is 22.0 Å². The molecule has 4 rings (SSSR count).